The molecule has 1 amide bonds. The molecule has 0 aliphatic heterocycles. The SMILES string of the molecule is CCc1nc(C)c(C(=O)NC(C)c2c(C)n[nH]c2C)o1. The van der Waals surface area contributed by atoms with Crippen molar-refractivity contribution >= 4 is 5.91 Å². The maximum Gasteiger partial charge on any atom is 0.289 e. The molecule has 2 aromatic heterocycles. The fraction of sp³-hybridized carbons (Fsp3) is 0.500. The van der Waals surface area contributed by atoms with Crippen LogP contribution in [0.15, 0.2) is 4.42 Å². The molecule has 108 valence electrons. The molecule has 1 atom stereocenters. The second kappa shape index (κ2) is 5.48. The Morgan fingerprint density at radius 3 is 2.55 bits per heavy atom. The number of rotatable bonds is 4. The molecule has 6 heteroatoms. The molecule has 0 saturated heterocycles. The molecule has 0 aliphatic rings. The third kappa shape index (κ3) is 2.59. The number of amides is 1. The summed E-state index contributed by atoms with van der Waals surface area (Å²) in [4.78, 5) is 16.5. The summed E-state index contributed by atoms with van der Waals surface area (Å²) >= 11 is 0. The standard InChI is InChI=1S/C14H20N4O2/c1-6-11-15-10(5)13(20-11)14(19)16-7(2)12-8(3)17-18-9(12)4/h7H,6H2,1-5H3,(H,16,19)(H,17,18). The summed E-state index contributed by atoms with van der Waals surface area (Å²) in [6.45, 7) is 9.49. The van der Waals surface area contributed by atoms with E-state index in [1.165, 1.54) is 0 Å². The summed E-state index contributed by atoms with van der Waals surface area (Å²) < 4.78 is 5.46. The number of nitrogens with one attached hydrogen (secondary N) is 2. The van der Waals surface area contributed by atoms with Gasteiger partial charge in [-0.3, -0.25) is 9.89 Å². The molecule has 0 saturated carbocycles. The van der Waals surface area contributed by atoms with E-state index >= 15 is 0 Å². The molecule has 1 unspecified atom stereocenters. The summed E-state index contributed by atoms with van der Waals surface area (Å²) in [5.74, 6) is 0.616. The van der Waals surface area contributed by atoms with Crippen LogP contribution in [0.5, 0.6) is 0 Å². The lowest BCUT2D eigenvalue weighted by molar-refractivity contribution is 0.0909. The minimum Gasteiger partial charge on any atom is -0.435 e. The number of carbonyl (C=O) groups excluding carboxylic acids is 1. The van der Waals surface area contributed by atoms with Gasteiger partial charge in [-0.15, -0.1) is 0 Å². The summed E-state index contributed by atoms with van der Waals surface area (Å²) in [6, 6.07) is -0.143. The third-order valence-electron chi connectivity index (χ3n) is 3.32. The van der Waals surface area contributed by atoms with E-state index in [2.05, 4.69) is 20.5 Å². The Morgan fingerprint density at radius 1 is 1.35 bits per heavy atom. The van der Waals surface area contributed by atoms with E-state index < -0.39 is 0 Å². The van der Waals surface area contributed by atoms with Crippen molar-refractivity contribution < 1.29 is 9.21 Å². The monoisotopic (exact) mass is 276 g/mol. The topological polar surface area (TPSA) is 83.8 Å². The van der Waals surface area contributed by atoms with Gasteiger partial charge >= 0.3 is 0 Å². The van der Waals surface area contributed by atoms with Crippen LogP contribution >= 0.6 is 0 Å². The van der Waals surface area contributed by atoms with Crippen molar-refractivity contribution in [2.24, 2.45) is 0 Å². The van der Waals surface area contributed by atoms with Crippen LogP contribution in [0.2, 0.25) is 0 Å². The number of oxazole rings is 1. The van der Waals surface area contributed by atoms with E-state index in [0.29, 0.717) is 18.0 Å². The molecule has 2 N–H and O–H groups in total. The smallest absolute Gasteiger partial charge is 0.289 e. The Labute approximate surface area is 118 Å². The number of aromatic nitrogens is 3. The lowest BCUT2D eigenvalue weighted by Gasteiger charge is -2.13. The van der Waals surface area contributed by atoms with Crippen molar-refractivity contribution in [2.75, 3.05) is 0 Å². The highest BCUT2D eigenvalue weighted by Gasteiger charge is 2.21. The number of H-pyrrole nitrogens is 1. The summed E-state index contributed by atoms with van der Waals surface area (Å²) in [6.07, 6.45) is 0.670. The van der Waals surface area contributed by atoms with Crippen LogP contribution in [-0.2, 0) is 6.42 Å². The molecule has 0 aromatic carbocycles. The Kier molecular flexibility index (Phi) is 3.92. The normalized spacial score (nSPS) is 12.4. The van der Waals surface area contributed by atoms with Gasteiger partial charge in [-0.05, 0) is 27.7 Å². The van der Waals surface area contributed by atoms with Crippen molar-refractivity contribution in [3.05, 3.63) is 34.3 Å². The predicted molar refractivity (Wildman–Crippen MR) is 74.6 cm³/mol. The second-order valence-corrected chi connectivity index (χ2v) is 4.92. The third-order valence-corrected chi connectivity index (χ3v) is 3.32. The van der Waals surface area contributed by atoms with Crippen LogP contribution < -0.4 is 5.32 Å². The first-order valence-electron chi connectivity index (χ1n) is 6.72. The van der Waals surface area contributed by atoms with Crippen LogP contribution in [0.4, 0.5) is 0 Å². The molecule has 2 rings (SSSR count). The first-order chi connectivity index (χ1) is 9.43. The molecule has 2 heterocycles. The molecule has 0 radical (unpaired) electrons. The Hall–Kier alpha value is -2.11. The van der Waals surface area contributed by atoms with E-state index in [0.717, 1.165) is 17.0 Å². The van der Waals surface area contributed by atoms with Crippen LogP contribution in [0.25, 0.3) is 0 Å². The van der Waals surface area contributed by atoms with Gasteiger partial charge in [0.1, 0.15) is 0 Å². The van der Waals surface area contributed by atoms with E-state index in [1.807, 2.05) is 27.7 Å². The van der Waals surface area contributed by atoms with Crippen LogP contribution in [-0.4, -0.2) is 21.1 Å². The number of hydrogen-bond donors (Lipinski definition) is 2. The highest BCUT2D eigenvalue weighted by atomic mass is 16.4. The number of hydrogen-bond acceptors (Lipinski definition) is 4. The quantitative estimate of drug-likeness (QED) is 0.898. The first-order valence-corrected chi connectivity index (χ1v) is 6.72. The van der Waals surface area contributed by atoms with Crippen molar-refractivity contribution in [1.82, 2.24) is 20.5 Å². The van der Waals surface area contributed by atoms with Gasteiger partial charge in [-0.25, -0.2) is 4.98 Å². The zero-order chi connectivity index (χ0) is 14.9. The molecule has 0 spiro atoms. The Morgan fingerprint density at radius 2 is 2.05 bits per heavy atom. The van der Waals surface area contributed by atoms with Crippen molar-refractivity contribution in [3.63, 3.8) is 0 Å². The summed E-state index contributed by atoms with van der Waals surface area (Å²) in [5, 5.41) is 9.98. The molecule has 20 heavy (non-hydrogen) atoms. The molecule has 2 aromatic rings. The molecule has 0 bridgehead atoms. The maximum absolute atomic E-state index is 12.2. The summed E-state index contributed by atoms with van der Waals surface area (Å²) in [7, 11) is 0. The number of aromatic amines is 1. The first kappa shape index (κ1) is 14.3. The predicted octanol–water partition coefficient (Wildman–Crippen LogP) is 2.38. The molecule has 0 aliphatic carbocycles. The largest absolute Gasteiger partial charge is 0.435 e. The number of aryl methyl sites for hydroxylation is 4. The van der Waals surface area contributed by atoms with E-state index in [-0.39, 0.29) is 17.7 Å². The lowest BCUT2D eigenvalue weighted by atomic mass is 10.1. The number of carbonyl (C=O) groups is 1. The highest BCUT2D eigenvalue weighted by Crippen LogP contribution is 2.20. The van der Waals surface area contributed by atoms with Gasteiger partial charge < -0.3 is 9.73 Å². The number of nitrogens with zero attached hydrogens (tertiary/aromatic N) is 2. The van der Waals surface area contributed by atoms with Gasteiger partial charge in [0.2, 0.25) is 5.76 Å². The van der Waals surface area contributed by atoms with Crippen LogP contribution in [0, 0.1) is 20.8 Å². The average Bonchev–Trinajstić information content (AvgIpc) is 2.92. The second-order valence-electron chi connectivity index (χ2n) is 4.92. The Bertz CT molecular complexity index is 608. The van der Waals surface area contributed by atoms with Crippen LogP contribution in [0.1, 0.15) is 59.0 Å². The van der Waals surface area contributed by atoms with E-state index in [4.69, 9.17) is 4.42 Å². The molecule has 0 fully saturated rings. The van der Waals surface area contributed by atoms with Crippen molar-refractivity contribution in [3.8, 4) is 0 Å². The van der Waals surface area contributed by atoms with Gasteiger partial charge in [0.25, 0.3) is 5.91 Å². The van der Waals surface area contributed by atoms with Crippen molar-refractivity contribution in [1.29, 1.82) is 0 Å². The van der Waals surface area contributed by atoms with E-state index in [1.54, 1.807) is 6.92 Å². The van der Waals surface area contributed by atoms with Crippen LogP contribution in [0.3, 0.4) is 0 Å². The van der Waals surface area contributed by atoms with E-state index in [9.17, 15) is 4.79 Å². The zero-order valence-corrected chi connectivity index (χ0v) is 12.5. The lowest BCUT2D eigenvalue weighted by Crippen LogP contribution is -2.27. The maximum atomic E-state index is 12.2. The van der Waals surface area contributed by atoms with Gasteiger partial charge in [-0.1, -0.05) is 6.92 Å². The minimum absolute atomic E-state index is 0.143. The molecule has 6 nitrogen and oxygen atoms in total. The van der Waals surface area contributed by atoms with Gasteiger partial charge in [-0.2, -0.15) is 5.10 Å². The zero-order valence-electron chi connectivity index (χ0n) is 12.5. The fourth-order valence-corrected chi connectivity index (χ4v) is 2.35. The van der Waals surface area contributed by atoms with Crippen molar-refractivity contribution in [2.45, 2.75) is 47.1 Å². The molecular formula is C14H20N4O2. The fourth-order valence-electron chi connectivity index (χ4n) is 2.35. The minimum atomic E-state index is -0.248. The average molecular weight is 276 g/mol. The highest BCUT2D eigenvalue weighted by molar-refractivity contribution is 5.92. The van der Waals surface area contributed by atoms with Gasteiger partial charge in [0, 0.05) is 17.7 Å². The van der Waals surface area contributed by atoms with Gasteiger partial charge in [0.05, 0.1) is 17.4 Å². The van der Waals surface area contributed by atoms with Gasteiger partial charge in [0.15, 0.2) is 5.89 Å². The Balaban J connectivity index is 2.17. The summed E-state index contributed by atoms with van der Waals surface area (Å²) in [5.41, 5.74) is 3.47. The molecular weight excluding hydrogens is 256 g/mol.